The molecule has 4 saturated carbocycles. The number of nitrogens with one attached hydrogen (secondary N) is 1. The van der Waals surface area contributed by atoms with Crippen LogP contribution >= 0.6 is 0 Å². The highest BCUT2D eigenvalue weighted by Gasteiger charge is 2.77. The van der Waals surface area contributed by atoms with Gasteiger partial charge < -0.3 is 10.1 Å². The van der Waals surface area contributed by atoms with E-state index in [0.29, 0.717) is 11.3 Å². The number of ether oxygens (including phenoxy) is 1. The van der Waals surface area contributed by atoms with E-state index in [9.17, 15) is 0 Å². The molecule has 1 N–H and O–H groups in total. The second kappa shape index (κ2) is 5.47. The minimum atomic E-state index is 0.0541. The van der Waals surface area contributed by atoms with Crippen molar-refractivity contribution in [3.8, 4) is 0 Å². The summed E-state index contributed by atoms with van der Waals surface area (Å²) in [7, 11) is 0. The maximum absolute atomic E-state index is 8.17. The second-order valence-corrected chi connectivity index (χ2v) is 10.3. The molecule has 6 rings (SSSR count). The molecule has 2 heteroatoms. The molecular weight excluding hydrogens is 330 g/mol. The van der Waals surface area contributed by atoms with Crippen LogP contribution in [0, 0.1) is 52.2 Å². The highest BCUT2D eigenvalue weighted by atomic mass is 16.5. The van der Waals surface area contributed by atoms with Crippen molar-refractivity contribution >= 4 is 5.71 Å². The molecule has 27 heavy (non-hydrogen) atoms. The smallest absolute Gasteiger partial charge is 0.0957 e. The normalized spacial score (nSPS) is 54.8. The van der Waals surface area contributed by atoms with Gasteiger partial charge in [-0.3, -0.25) is 0 Å². The van der Waals surface area contributed by atoms with Crippen LogP contribution in [0.3, 0.4) is 0 Å². The SMILES string of the molecule is C=CC1CC2=CC(=N)CC[C@@H]2C2CC[C@@]3(CC)C(C4CC4[C@@]34C=CCO4)C12. The van der Waals surface area contributed by atoms with Crippen molar-refractivity contribution in [2.45, 2.75) is 57.5 Å². The molecule has 0 amide bonds. The molecule has 0 bridgehead atoms. The lowest BCUT2D eigenvalue weighted by molar-refractivity contribution is -0.148. The monoisotopic (exact) mass is 363 g/mol. The van der Waals surface area contributed by atoms with Crippen LogP contribution in [0.4, 0.5) is 0 Å². The Morgan fingerprint density at radius 3 is 2.96 bits per heavy atom. The summed E-state index contributed by atoms with van der Waals surface area (Å²) in [6.45, 7) is 7.56. The van der Waals surface area contributed by atoms with Gasteiger partial charge in [-0.25, -0.2) is 0 Å². The lowest BCUT2D eigenvalue weighted by Gasteiger charge is -2.60. The fourth-order valence-electron chi connectivity index (χ4n) is 9.03. The molecule has 0 aromatic carbocycles. The maximum atomic E-state index is 8.17. The van der Waals surface area contributed by atoms with Crippen LogP contribution in [0.5, 0.6) is 0 Å². The molecule has 0 radical (unpaired) electrons. The number of rotatable bonds is 2. The molecule has 1 heterocycles. The van der Waals surface area contributed by atoms with Gasteiger partial charge >= 0.3 is 0 Å². The number of hydrogen-bond acceptors (Lipinski definition) is 2. The summed E-state index contributed by atoms with van der Waals surface area (Å²) in [6, 6.07) is 0. The number of fused-ring (bicyclic) bond motifs is 9. The molecular formula is C25H33NO. The second-order valence-electron chi connectivity index (χ2n) is 10.3. The van der Waals surface area contributed by atoms with Gasteiger partial charge in [-0.2, -0.15) is 0 Å². The standard InChI is InChI=1S/C25H33NO/c1-3-15-12-16-13-17(26)6-7-18(16)19-8-10-24(4-2)23(22(15)19)20-14-21(20)25(24)9-5-11-27-25/h3,5,9,13,15,18-23,26H,1,4,6-8,10-12,14H2,2H3/t15?,18-,19?,20?,21?,22?,23?,24-,25-/m0/s1. The molecule has 0 aromatic heterocycles. The topological polar surface area (TPSA) is 33.1 Å². The van der Waals surface area contributed by atoms with Crippen LogP contribution < -0.4 is 0 Å². The van der Waals surface area contributed by atoms with E-state index in [0.717, 1.165) is 60.7 Å². The first-order valence-electron chi connectivity index (χ1n) is 11.4. The first kappa shape index (κ1) is 16.8. The van der Waals surface area contributed by atoms with Crippen LogP contribution in [0.25, 0.3) is 0 Å². The van der Waals surface area contributed by atoms with Crippen molar-refractivity contribution in [1.82, 2.24) is 0 Å². The molecule has 6 aliphatic rings. The van der Waals surface area contributed by atoms with E-state index in [2.05, 4.69) is 37.8 Å². The predicted molar refractivity (Wildman–Crippen MR) is 109 cm³/mol. The Balaban J connectivity index is 1.45. The van der Waals surface area contributed by atoms with Gasteiger partial charge in [0.2, 0.25) is 0 Å². The highest BCUT2D eigenvalue weighted by Crippen LogP contribution is 2.79. The van der Waals surface area contributed by atoms with Gasteiger partial charge in [0.05, 0.1) is 12.2 Å². The van der Waals surface area contributed by atoms with E-state index in [4.69, 9.17) is 10.1 Å². The molecule has 9 atom stereocenters. The quantitative estimate of drug-likeness (QED) is 0.640. The first-order chi connectivity index (χ1) is 13.1. The van der Waals surface area contributed by atoms with Crippen molar-refractivity contribution in [2.75, 3.05) is 6.61 Å². The Labute approximate surface area is 163 Å². The number of allylic oxidation sites excluding steroid dienone is 3. The van der Waals surface area contributed by atoms with E-state index in [1.165, 1.54) is 32.1 Å². The Bertz CT molecular complexity index is 764. The van der Waals surface area contributed by atoms with Crippen LogP contribution in [-0.2, 0) is 4.74 Å². The van der Waals surface area contributed by atoms with Gasteiger partial charge in [0.15, 0.2) is 0 Å². The summed E-state index contributed by atoms with van der Waals surface area (Å²) >= 11 is 0. The van der Waals surface area contributed by atoms with E-state index < -0.39 is 0 Å². The van der Waals surface area contributed by atoms with Crippen LogP contribution in [-0.4, -0.2) is 17.9 Å². The lowest BCUT2D eigenvalue weighted by Crippen LogP contribution is -2.57. The Morgan fingerprint density at radius 1 is 1.33 bits per heavy atom. The molecule has 2 nitrogen and oxygen atoms in total. The molecule has 4 fully saturated rings. The van der Waals surface area contributed by atoms with E-state index >= 15 is 0 Å². The lowest BCUT2D eigenvalue weighted by atomic mass is 9.46. The summed E-state index contributed by atoms with van der Waals surface area (Å²) in [5.74, 6) is 5.42. The summed E-state index contributed by atoms with van der Waals surface area (Å²) in [6.07, 6.45) is 18.1. The molecule has 5 aliphatic carbocycles. The Morgan fingerprint density at radius 2 is 2.22 bits per heavy atom. The summed E-state index contributed by atoms with van der Waals surface area (Å²) in [5, 5.41) is 8.17. The van der Waals surface area contributed by atoms with Crippen molar-refractivity contribution in [3.05, 3.63) is 36.5 Å². The third kappa shape index (κ3) is 1.89. The first-order valence-corrected chi connectivity index (χ1v) is 11.4. The van der Waals surface area contributed by atoms with Gasteiger partial charge in [0.25, 0.3) is 0 Å². The zero-order chi connectivity index (χ0) is 18.4. The van der Waals surface area contributed by atoms with E-state index in [1.54, 1.807) is 5.57 Å². The van der Waals surface area contributed by atoms with Gasteiger partial charge in [0, 0.05) is 11.1 Å². The van der Waals surface area contributed by atoms with Crippen molar-refractivity contribution < 1.29 is 4.74 Å². The summed E-state index contributed by atoms with van der Waals surface area (Å²) < 4.78 is 6.61. The Kier molecular flexibility index (Phi) is 3.40. The van der Waals surface area contributed by atoms with Crippen LogP contribution in [0.1, 0.15) is 51.9 Å². The maximum Gasteiger partial charge on any atom is 0.0957 e. The van der Waals surface area contributed by atoms with Crippen molar-refractivity contribution in [2.24, 2.45) is 46.8 Å². The Hall–Kier alpha value is -1.15. The van der Waals surface area contributed by atoms with Crippen LogP contribution in [0.15, 0.2) is 36.5 Å². The highest BCUT2D eigenvalue weighted by molar-refractivity contribution is 5.93. The third-order valence-electron chi connectivity index (χ3n) is 9.86. The van der Waals surface area contributed by atoms with E-state index in [1.807, 2.05) is 0 Å². The minimum absolute atomic E-state index is 0.0541. The third-order valence-corrected chi connectivity index (χ3v) is 9.86. The van der Waals surface area contributed by atoms with Crippen molar-refractivity contribution in [1.29, 1.82) is 5.41 Å². The summed E-state index contributed by atoms with van der Waals surface area (Å²) in [5.41, 5.74) is 2.85. The van der Waals surface area contributed by atoms with Gasteiger partial charge in [0.1, 0.15) is 0 Å². The van der Waals surface area contributed by atoms with Gasteiger partial charge in [-0.15, -0.1) is 6.58 Å². The van der Waals surface area contributed by atoms with Crippen molar-refractivity contribution in [3.63, 3.8) is 0 Å². The zero-order valence-electron chi connectivity index (χ0n) is 16.6. The fraction of sp³-hybridized carbons (Fsp3) is 0.720. The largest absolute Gasteiger partial charge is 0.366 e. The molecule has 1 spiro atoms. The average molecular weight is 364 g/mol. The number of hydrogen-bond donors (Lipinski definition) is 1. The van der Waals surface area contributed by atoms with Gasteiger partial charge in [-0.05, 0) is 92.4 Å². The van der Waals surface area contributed by atoms with Crippen LogP contribution in [0.2, 0.25) is 0 Å². The minimum Gasteiger partial charge on any atom is -0.366 e. The zero-order valence-corrected chi connectivity index (χ0v) is 16.6. The molecule has 6 unspecified atom stereocenters. The van der Waals surface area contributed by atoms with E-state index in [-0.39, 0.29) is 5.60 Å². The molecule has 144 valence electrons. The van der Waals surface area contributed by atoms with Gasteiger partial charge in [-0.1, -0.05) is 30.7 Å². The summed E-state index contributed by atoms with van der Waals surface area (Å²) in [4.78, 5) is 0. The molecule has 1 aliphatic heterocycles. The fourth-order valence-corrected chi connectivity index (χ4v) is 9.03. The predicted octanol–water partition coefficient (Wildman–Crippen LogP) is 5.56. The molecule has 0 saturated heterocycles. The molecule has 0 aromatic rings. The average Bonchev–Trinajstić information content (AvgIpc) is 3.26.